The second-order valence-electron chi connectivity index (χ2n) is 7.77. The number of fused-ring (bicyclic) bond motifs is 1. The van der Waals surface area contributed by atoms with Crippen LogP contribution in [-0.4, -0.2) is 37.0 Å². The number of hydrogen-bond acceptors (Lipinski definition) is 3. The maximum atomic E-state index is 12.6. The van der Waals surface area contributed by atoms with Gasteiger partial charge in [-0.25, -0.2) is 0 Å². The number of likely N-dealkylation sites (tertiary alicyclic amines) is 1. The first-order valence-electron chi connectivity index (χ1n) is 10.2. The van der Waals surface area contributed by atoms with Crippen molar-refractivity contribution in [1.29, 1.82) is 0 Å². The number of nitrogens with one attached hydrogen (secondary N) is 2. The number of benzene rings is 2. The lowest BCUT2D eigenvalue weighted by molar-refractivity contribution is -0.130. The van der Waals surface area contributed by atoms with Crippen LogP contribution in [0.4, 0.5) is 11.4 Å². The molecule has 0 aliphatic carbocycles. The summed E-state index contributed by atoms with van der Waals surface area (Å²) in [6.07, 6.45) is 5.62. The normalized spacial score (nSPS) is 17.1. The number of nitrogens with zero attached hydrogens (tertiary/aromatic N) is 1. The summed E-state index contributed by atoms with van der Waals surface area (Å²) < 4.78 is 0. The van der Waals surface area contributed by atoms with Gasteiger partial charge in [0.15, 0.2) is 0 Å². The van der Waals surface area contributed by atoms with Crippen LogP contribution >= 0.6 is 0 Å². The van der Waals surface area contributed by atoms with Gasteiger partial charge in [0.25, 0.3) is 0 Å². The molecule has 0 saturated carbocycles. The number of aryl methyl sites for hydroxylation is 1. The van der Waals surface area contributed by atoms with Gasteiger partial charge in [-0.15, -0.1) is 0 Å². The lowest BCUT2D eigenvalue weighted by atomic mass is 9.90. The maximum Gasteiger partial charge on any atom is 0.241 e. The summed E-state index contributed by atoms with van der Waals surface area (Å²) in [7, 11) is 0. The third-order valence-electron chi connectivity index (χ3n) is 5.82. The van der Waals surface area contributed by atoms with Crippen molar-refractivity contribution in [3.63, 3.8) is 0 Å². The van der Waals surface area contributed by atoms with Crippen molar-refractivity contribution in [3.05, 3.63) is 59.7 Å². The molecule has 4 heteroatoms. The zero-order chi connectivity index (χ0) is 18.5. The molecule has 1 saturated heterocycles. The Morgan fingerprint density at radius 2 is 1.93 bits per heavy atom. The Bertz CT molecular complexity index is 766. The molecule has 0 atom stereocenters. The van der Waals surface area contributed by atoms with Crippen molar-refractivity contribution in [2.45, 2.75) is 32.1 Å². The average molecular weight is 364 g/mol. The highest BCUT2D eigenvalue weighted by Gasteiger charge is 2.22. The van der Waals surface area contributed by atoms with Crippen molar-refractivity contribution in [2.24, 2.45) is 5.92 Å². The molecule has 0 spiro atoms. The Hall–Kier alpha value is -2.49. The van der Waals surface area contributed by atoms with E-state index in [0.29, 0.717) is 12.5 Å². The molecular formula is C23H29N3O. The summed E-state index contributed by atoms with van der Waals surface area (Å²) in [4.78, 5) is 14.6. The Morgan fingerprint density at radius 3 is 2.74 bits per heavy atom. The van der Waals surface area contributed by atoms with Crippen LogP contribution in [0.5, 0.6) is 0 Å². The summed E-state index contributed by atoms with van der Waals surface area (Å²) in [5, 5.41) is 6.75. The van der Waals surface area contributed by atoms with Crippen LogP contribution in [0.15, 0.2) is 48.5 Å². The molecule has 0 unspecified atom stereocenters. The van der Waals surface area contributed by atoms with E-state index in [1.54, 1.807) is 0 Å². The van der Waals surface area contributed by atoms with Crippen molar-refractivity contribution in [2.75, 3.05) is 36.8 Å². The number of anilines is 2. The summed E-state index contributed by atoms with van der Waals surface area (Å²) in [5.41, 5.74) is 5.04. The molecule has 0 bridgehead atoms. The van der Waals surface area contributed by atoms with E-state index < -0.39 is 0 Å². The van der Waals surface area contributed by atoms with Gasteiger partial charge in [0.2, 0.25) is 5.91 Å². The highest BCUT2D eigenvalue weighted by molar-refractivity contribution is 5.81. The Labute approximate surface area is 162 Å². The molecule has 2 aromatic rings. The van der Waals surface area contributed by atoms with Gasteiger partial charge in [-0.3, -0.25) is 4.79 Å². The van der Waals surface area contributed by atoms with Crippen LogP contribution in [0.3, 0.4) is 0 Å². The van der Waals surface area contributed by atoms with Crippen LogP contribution in [0.2, 0.25) is 0 Å². The monoisotopic (exact) mass is 363 g/mol. The van der Waals surface area contributed by atoms with Crippen molar-refractivity contribution in [3.8, 4) is 0 Å². The number of piperidine rings is 1. The number of hydrogen-bond donors (Lipinski definition) is 2. The van der Waals surface area contributed by atoms with E-state index in [-0.39, 0.29) is 5.91 Å². The molecule has 0 radical (unpaired) electrons. The summed E-state index contributed by atoms with van der Waals surface area (Å²) in [6, 6.07) is 17.1. The molecule has 2 N–H and O–H groups in total. The molecule has 2 aromatic carbocycles. The van der Waals surface area contributed by atoms with Crippen molar-refractivity contribution in [1.82, 2.24) is 4.90 Å². The van der Waals surface area contributed by atoms with Gasteiger partial charge in [-0.2, -0.15) is 0 Å². The van der Waals surface area contributed by atoms with E-state index in [1.807, 2.05) is 4.90 Å². The molecule has 4 rings (SSSR count). The van der Waals surface area contributed by atoms with Gasteiger partial charge in [0.1, 0.15) is 0 Å². The van der Waals surface area contributed by atoms with Crippen LogP contribution in [0, 0.1) is 5.92 Å². The van der Waals surface area contributed by atoms with Gasteiger partial charge in [0.05, 0.1) is 6.54 Å². The molecule has 2 aliphatic rings. The van der Waals surface area contributed by atoms with Crippen molar-refractivity contribution >= 4 is 17.3 Å². The molecular weight excluding hydrogens is 334 g/mol. The topological polar surface area (TPSA) is 44.4 Å². The Balaban J connectivity index is 1.24. The smallest absolute Gasteiger partial charge is 0.241 e. The van der Waals surface area contributed by atoms with Crippen LogP contribution in [0.25, 0.3) is 0 Å². The predicted molar refractivity (Wildman–Crippen MR) is 111 cm³/mol. The molecule has 4 nitrogen and oxygen atoms in total. The van der Waals surface area contributed by atoms with E-state index in [4.69, 9.17) is 0 Å². The van der Waals surface area contributed by atoms with Gasteiger partial charge < -0.3 is 15.5 Å². The molecule has 1 fully saturated rings. The summed E-state index contributed by atoms with van der Waals surface area (Å²) >= 11 is 0. The summed E-state index contributed by atoms with van der Waals surface area (Å²) in [5.74, 6) is 0.904. The van der Waals surface area contributed by atoms with Gasteiger partial charge in [-0.05, 0) is 67.3 Å². The number of carbonyl (C=O) groups is 1. The zero-order valence-corrected chi connectivity index (χ0v) is 15.9. The first-order chi connectivity index (χ1) is 13.3. The molecule has 0 aromatic heterocycles. The molecule has 2 heterocycles. The predicted octanol–water partition coefficient (Wildman–Crippen LogP) is 3.94. The first kappa shape index (κ1) is 17.9. The fourth-order valence-electron chi connectivity index (χ4n) is 4.21. The van der Waals surface area contributed by atoms with Crippen LogP contribution in [-0.2, 0) is 17.6 Å². The standard InChI is InChI=1S/C23H29N3O/c27-23(17-25-21-8-9-22-20(16-21)7-4-12-24-22)26-13-10-19(11-14-26)15-18-5-2-1-3-6-18/h1-3,5-6,8-9,16,19,24-25H,4,7,10-15,17H2. The average Bonchev–Trinajstić information content (AvgIpc) is 2.73. The number of rotatable bonds is 5. The molecule has 142 valence electrons. The lowest BCUT2D eigenvalue weighted by Crippen LogP contribution is -2.41. The first-order valence-corrected chi connectivity index (χ1v) is 10.2. The fraction of sp³-hybridized carbons (Fsp3) is 0.435. The highest BCUT2D eigenvalue weighted by atomic mass is 16.2. The molecule has 2 aliphatic heterocycles. The third-order valence-corrected chi connectivity index (χ3v) is 5.82. The van der Waals surface area contributed by atoms with Gasteiger partial charge in [0, 0.05) is 31.0 Å². The minimum absolute atomic E-state index is 0.212. The van der Waals surface area contributed by atoms with Gasteiger partial charge >= 0.3 is 0 Å². The zero-order valence-electron chi connectivity index (χ0n) is 15.9. The molecule has 1 amide bonds. The van der Waals surface area contributed by atoms with Gasteiger partial charge in [-0.1, -0.05) is 30.3 Å². The van der Waals surface area contributed by atoms with Crippen LogP contribution < -0.4 is 10.6 Å². The van der Waals surface area contributed by atoms with E-state index in [9.17, 15) is 4.79 Å². The summed E-state index contributed by atoms with van der Waals surface area (Å²) in [6.45, 7) is 3.20. The third kappa shape index (κ3) is 4.62. The minimum Gasteiger partial charge on any atom is -0.385 e. The Kier molecular flexibility index (Phi) is 5.61. The Morgan fingerprint density at radius 1 is 1.11 bits per heavy atom. The number of amides is 1. The molecule has 27 heavy (non-hydrogen) atoms. The highest BCUT2D eigenvalue weighted by Crippen LogP contribution is 2.25. The van der Waals surface area contributed by atoms with E-state index in [1.165, 1.54) is 23.2 Å². The maximum absolute atomic E-state index is 12.6. The number of carbonyl (C=O) groups excluding carboxylic acids is 1. The van der Waals surface area contributed by atoms with E-state index in [0.717, 1.165) is 51.0 Å². The second-order valence-corrected chi connectivity index (χ2v) is 7.77. The van der Waals surface area contributed by atoms with Crippen LogP contribution in [0.1, 0.15) is 30.4 Å². The second kappa shape index (κ2) is 8.47. The van der Waals surface area contributed by atoms with E-state index in [2.05, 4.69) is 59.2 Å². The minimum atomic E-state index is 0.212. The van der Waals surface area contributed by atoms with E-state index >= 15 is 0 Å². The SMILES string of the molecule is O=C(CNc1ccc2c(c1)CCCN2)N1CCC(Cc2ccccc2)CC1. The fourth-order valence-corrected chi connectivity index (χ4v) is 4.21. The largest absolute Gasteiger partial charge is 0.385 e. The van der Waals surface area contributed by atoms with Crippen molar-refractivity contribution < 1.29 is 4.79 Å². The lowest BCUT2D eigenvalue weighted by Gasteiger charge is -2.32. The quantitative estimate of drug-likeness (QED) is 0.846.